The molecule has 3 aromatic rings. The SMILES string of the molecule is [C-]#[N+]c1cc(C(=O)O)ccc1On1nnc2ccccc21. The van der Waals surface area contributed by atoms with Crippen molar-refractivity contribution in [1.82, 2.24) is 15.2 Å². The number of para-hydroxylation sites is 1. The van der Waals surface area contributed by atoms with E-state index in [4.69, 9.17) is 16.5 Å². The van der Waals surface area contributed by atoms with Crippen LogP contribution in [0, 0.1) is 6.57 Å². The van der Waals surface area contributed by atoms with Gasteiger partial charge in [0.25, 0.3) is 0 Å². The van der Waals surface area contributed by atoms with Crippen molar-refractivity contribution < 1.29 is 14.7 Å². The van der Waals surface area contributed by atoms with Gasteiger partial charge in [-0.25, -0.2) is 9.64 Å². The van der Waals surface area contributed by atoms with E-state index >= 15 is 0 Å². The largest absolute Gasteiger partial charge is 0.478 e. The second-order valence-corrected chi connectivity index (χ2v) is 4.14. The molecule has 3 rings (SSSR count). The Bertz CT molecular complexity index is 879. The molecule has 0 aliphatic heterocycles. The van der Waals surface area contributed by atoms with E-state index in [2.05, 4.69) is 15.2 Å². The van der Waals surface area contributed by atoms with Gasteiger partial charge < -0.3 is 9.94 Å². The second-order valence-electron chi connectivity index (χ2n) is 4.14. The third-order valence-corrected chi connectivity index (χ3v) is 2.83. The lowest BCUT2D eigenvalue weighted by Crippen LogP contribution is -2.07. The maximum atomic E-state index is 10.9. The summed E-state index contributed by atoms with van der Waals surface area (Å²) in [6.45, 7) is 7.12. The van der Waals surface area contributed by atoms with Gasteiger partial charge in [-0.1, -0.05) is 17.0 Å². The van der Waals surface area contributed by atoms with Crippen molar-refractivity contribution in [3.05, 3.63) is 59.4 Å². The standard InChI is InChI=1S/C14H8N4O3/c1-15-11-8-9(14(19)20)6-7-13(11)21-18-12-5-3-2-4-10(12)16-17-18/h2-8H,(H,19,20). The van der Waals surface area contributed by atoms with Crippen LogP contribution in [0.25, 0.3) is 15.9 Å². The van der Waals surface area contributed by atoms with E-state index < -0.39 is 5.97 Å². The molecule has 0 aliphatic carbocycles. The highest BCUT2D eigenvalue weighted by molar-refractivity contribution is 5.89. The first-order chi connectivity index (χ1) is 10.2. The molecule has 7 nitrogen and oxygen atoms in total. The lowest BCUT2D eigenvalue weighted by molar-refractivity contribution is 0.0697. The van der Waals surface area contributed by atoms with Crippen molar-refractivity contribution in [2.24, 2.45) is 0 Å². The molecular weight excluding hydrogens is 272 g/mol. The van der Waals surface area contributed by atoms with E-state index in [0.29, 0.717) is 11.0 Å². The molecule has 0 saturated heterocycles. The summed E-state index contributed by atoms with van der Waals surface area (Å²) < 4.78 is 0. The molecule has 1 heterocycles. The molecule has 7 heteroatoms. The van der Waals surface area contributed by atoms with Crippen LogP contribution in [-0.4, -0.2) is 26.2 Å². The highest BCUT2D eigenvalue weighted by Gasteiger charge is 2.12. The number of carboxylic acid groups (broad SMARTS) is 1. The molecule has 0 atom stereocenters. The van der Waals surface area contributed by atoms with Gasteiger partial charge in [0.05, 0.1) is 6.57 Å². The quantitative estimate of drug-likeness (QED) is 0.745. The molecule has 1 aromatic heterocycles. The number of rotatable bonds is 3. The molecule has 0 saturated carbocycles. The van der Waals surface area contributed by atoms with E-state index in [0.717, 1.165) is 0 Å². The maximum absolute atomic E-state index is 10.9. The minimum absolute atomic E-state index is 0.0248. The lowest BCUT2D eigenvalue weighted by atomic mass is 10.2. The highest BCUT2D eigenvalue weighted by atomic mass is 16.7. The molecule has 0 radical (unpaired) electrons. The molecule has 1 N–H and O–H groups in total. The Kier molecular flexibility index (Phi) is 2.97. The summed E-state index contributed by atoms with van der Waals surface area (Å²) in [7, 11) is 0. The van der Waals surface area contributed by atoms with E-state index in [1.54, 1.807) is 12.1 Å². The zero-order valence-electron chi connectivity index (χ0n) is 10.6. The lowest BCUT2D eigenvalue weighted by Gasteiger charge is -2.07. The van der Waals surface area contributed by atoms with Gasteiger partial charge >= 0.3 is 5.97 Å². The highest BCUT2D eigenvalue weighted by Crippen LogP contribution is 2.29. The van der Waals surface area contributed by atoms with Crippen LogP contribution in [0.4, 0.5) is 5.69 Å². The van der Waals surface area contributed by atoms with Crippen molar-refractivity contribution >= 4 is 22.7 Å². The van der Waals surface area contributed by atoms with Gasteiger partial charge in [-0.2, -0.15) is 0 Å². The predicted molar refractivity (Wildman–Crippen MR) is 73.2 cm³/mol. The van der Waals surface area contributed by atoms with Crippen molar-refractivity contribution in [3.63, 3.8) is 0 Å². The van der Waals surface area contributed by atoms with Crippen LogP contribution >= 0.6 is 0 Å². The molecule has 0 amide bonds. The fourth-order valence-electron chi connectivity index (χ4n) is 1.82. The summed E-state index contributed by atoms with van der Waals surface area (Å²) in [5, 5.41) is 16.7. The number of carboxylic acids is 1. The minimum Gasteiger partial charge on any atom is -0.478 e. The number of aromatic carboxylic acids is 1. The number of hydrogen-bond donors (Lipinski definition) is 1. The summed E-state index contributed by atoms with van der Waals surface area (Å²) in [6.07, 6.45) is 0. The molecule has 0 fully saturated rings. The molecule has 2 aromatic carbocycles. The average Bonchev–Trinajstić information content (AvgIpc) is 2.91. The third-order valence-electron chi connectivity index (χ3n) is 2.83. The molecule has 21 heavy (non-hydrogen) atoms. The summed E-state index contributed by atoms with van der Waals surface area (Å²) in [5.74, 6) is -0.886. The van der Waals surface area contributed by atoms with Crippen LogP contribution in [0.5, 0.6) is 5.75 Å². The normalized spacial score (nSPS) is 10.2. The fourth-order valence-corrected chi connectivity index (χ4v) is 1.82. The topological polar surface area (TPSA) is 81.6 Å². The van der Waals surface area contributed by atoms with E-state index in [1.807, 2.05) is 12.1 Å². The number of hydrogen-bond acceptors (Lipinski definition) is 4. The van der Waals surface area contributed by atoms with E-state index in [1.165, 1.54) is 23.0 Å². The Balaban J connectivity index is 2.02. The van der Waals surface area contributed by atoms with Crippen LogP contribution in [0.1, 0.15) is 10.4 Å². The number of carbonyl (C=O) groups is 1. The number of aromatic nitrogens is 3. The molecular formula is C14H8N4O3. The van der Waals surface area contributed by atoms with Crippen LogP contribution in [0.3, 0.4) is 0 Å². The summed E-state index contributed by atoms with van der Waals surface area (Å²) in [4.78, 5) is 20.9. The van der Waals surface area contributed by atoms with Crippen molar-refractivity contribution in [3.8, 4) is 5.75 Å². The van der Waals surface area contributed by atoms with Gasteiger partial charge in [0.2, 0.25) is 5.69 Å². The van der Waals surface area contributed by atoms with Crippen molar-refractivity contribution in [2.45, 2.75) is 0 Å². The monoisotopic (exact) mass is 280 g/mol. The van der Waals surface area contributed by atoms with Gasteiger partial charge in [-0.15, -0.1) is 5.10 Å². The first-order valence-electron chi connectivity index (χ1n) is 5.92. The average molecular weight is 280 g/mol. The van der Waals surface area contributed by atoms with Crippen molar-refractivity contribution in [2.75, 3.05) is 0 Å². The maximum Gasteiger partial charge on any atom is 0.334 e. The number of fused-ring (bicyclic) bond motifs is 1. The summed E-state index contributed by atoms with van der Waals surface area (Å²) in [5.41, 5.74) is 1.42. The minimum atomic E-state index is -1.10. The zero-order chi connectivity index (χ0) is 14.8. The van der Waals surface area contributed by atoms with Gasteiger partial charge in [0.15, 0.2) is 5.75 Å². The van der Waals surface area contributed by atoms with Crippen LogP contribution < -0.4 is 4.84 Å². The Morgan fingerprint density at radius 2 is 2.10 bits per heavy atom. The number of benzene rings is 2. The Hall–Kier alpha value is -3.40. The number of nitrogens with zero attached hydrogens (tertiary/aromatic N) is 4. The second kappa shape index (κ2) is 4.94. The van der Waals surface area contributed by atoms with Crippen LogP contribution in [0.2, 0.25) is 0 Å². The summed E-state index contributed by atoms with van der Waals surface area (Å²) >= 11 is 0. The molecule has 0 bridgehead atoms. The Morgan fingerprint density at radius 3 is 2.86 bits per heavy atom. The third kappa shape index (κ3) is 2.26. The Morgan fingerprint density at radius 1 is 1.29 bits per heavy atom. The Labute approximate surface area is 118 Å². The fraction of sp³-hybridized carbons (Fsp3) is 0. The smallest absolute Gasteiger partial charge is 0.334 e. The predicted octanol–water partition coefficient (Wildman–Crippen LogP) is 2.52. The first-order valence-corrected chi connectivity index (χ1v) is 5.92. The molecule has 0 aliphatic rings. The van der Waals surface area contributed by atoms with Gasteiger partial charge in [-0.05, 0) is 35.5 Å². The molecule has 102 valence electrons. The van der Waals surface area contributed by atoms with Gasteiger partial charge in [0.1, 0.15) is 11.0 Å². The van der Waals surface area contributed by atoms with Gasteiger partial charge in [0, 0.05) is 5.56 Å². The first kappa shape index (κ1) is 12.6. The zero-order valence-corrected chi connectivity index (χ0v) is 10.6. The molecule has 0 unspecified atom stereocenters. The molecule has 0 spiro atoms. The van der Waals surface area contributed by atoms with E-state index in [-0.39, 0.29) is 17.0 Å². The van der Waals surface area contributed by atoms with Gasteiger partial charge in [-0.3, -0.25) is 0 Å². The van der Waals surface area contributed by atoms with Crippen molar-refractivity contribution in [1.29, 1.82) is 0 Å². The van der Waals surface area contributed by atoms with E-state index in [9.17, 15) is 4.79 Å². The van der Waals surface area contributed by atoms with Crippen LogP contribution in [0.15, 0.2) is 42.5 Å². The summed E-state index contributed by atoms with van der Waals surface area (Å²) in [6, 6.07) is 11.2. The van der Waals surface area contributed by atoms with Crippen LogP contribution in [-0.2, 0) is 0 Å².